The summed E-state index contributed by atoms with van der Waals surface area (Å²) in [7, 11) is 0. The van der Waals surface area contributed by atoms with Gasteiger partial charge in [-0.2, -0.15) is 0 Å². The van der Waals surface area contributed by atoms with Crippen LogP contribution in [0.2, 0.25) is 0 Å². The number of benzene rings is 1. The van der Waals surface area contributed by atoms with Gasteiger partial charge in [0.05, 0.1) is 17.6 Å². The highest BCUT2D eigenvalue weighted by molar-refractivity contribution is 9.10. The fourth-order valence-electron chi connectivity index (χ4n) is 2.83. The number of halogens is 1. The molecule has 0 aliphatic carbocycles. The van der Waals surface area contributed by atoms with Gasteiger partial charge in [0.25, 0.3) is 5.91 Å². The minimum atomic E-state index is -0.0648. The number of amides is 1. The van der Waals surface area contributed by atoms with E-state index in [0.29, 0.717) is 27.3 Å². The molecular formula is C16H14BrNO4S2. The molecule has 1 aromatic carbocycles. The standard InChI is InChI=1S/C16H14BrNO4S2/c17-11-6-13-12(21-8-22-13)4-9(11)5-14-15(19)18(16(23)24-14)7-10-2-1-3-20-10/h4-6,10H,1-3,7-8H2/b14-5-/t10-/m0/s1. The zero-order valence-corrected chi connectivity index (χ0v) is 15.8. The molecular weight excluding hydrogens is 414 g/mol. The lowest BCUT2D eigenvalue weighted by Gasteiger charge is -2.18. The Morgan fingerprint density at radius 2 is 2.17 bits per heavy atom. The maximum Gasteiger partial charge on any atom is 0.266 e. The Balaban J connectivity index is 1.57. The summed E-state index contributed by atoms with van der Waals surface area (Å²) in [6, 6.07) is 3.71. The van der Waals surface area contributed by atoms with E-state index in [1.807, 2.05) is 18.2 Å². The van der Waals surface area contributed by atoms with Crippen molar-refractivity contribution in [1.82, 2.24) is 4.90 Å². The van der Waals surface area contributed by atoms with E-state index in [4.69, 9.17) is 26.4 Å². The Bertz CT molecular complexity index is 746. The third-order valence-corrected chi connectivity index (χ3v) is 6.13. The average molecular weight is 428 g/mol. The van der Waals surface area contributed by atoms with Gasteiger partial charge in [0.1, 0.15) is 4.32 Å². The van der Waals surface area contributed by atoms with Gasteiger partial charge < -0.3 is 14.2 Å². The van der Waals surface area contributed by atoms with E-state index >= 15 is 0 Å². The van der Waals surface area contributed by atoms with Crippen molar-refractivity contribution < 1.29 is 19.0 Å². The summed E-state index contributed by atoms with van der Waals surface area (Å²) < 4.78 is 17.8. The van der Waals surface area contributed by atoms with Crippen LogP contribution in [-0.2, 0) is 9.53 Å². The van der Waals surface area contributed by atoms with E-state index in [2.05, 4.69) is 15.9 Å². The number of fused-ring (bicyclic) bond motifs is 1. The fraction of sp³-hybridized carbons (Fsp3) is 0.375. The zero-order valence-electron chi connectivity index (χ0n) is 12.6. The van der Waals surface area contributed by atoms with Crippen LogP contribution in [0.4, 0.5) is 0 Å². The Morgan fingerprint density at radius 1 is 1.38 bits per heavy atom. The molecule has 3 aliphatic rings. The van der Waals surface area contributed by atoms with Gasteiger partial charge in [-0.05, 0) is 36.6 Å². The first-order valence-electron chi connectivity index (χ1n) is 7.58. The van der Waals surface area contributed by atoms with Gasteiger partial charge in [0.2, 0.25) is 6.79 Å². The summed E-state index contributed by atoms with van der Waals surface area (Å²) >= 11 is 10.2. The van der Waals surface area contributed by atoms with Gasteiger partial charge in [-0.15, -0.1) is 0 Å². The van der Waals surface area contributed by atoms with Crippen molar-refractivity contribution >= 4 is 56.2 Å². The monoisotopic (exact) mass is 427 g/mol. The van der Waals surface area contributed by atoms with E-state index < -0.39 is 0 Å². The van der Waals surface area contributed by atoms with Gasteiger partial charge in [-0.1, -0.05) is 39.9 Å². The van der Waals surface area contributed by atoms with Crippen LogP contribution >= 0.6 is 39.9 Å². The van der Waals surface area contributed by atoms with Gasteiger partial charge in [-0.3, -0.25) is 9.69 Å². The predicted molar refractivity (Wildman–Crippen MR) is 99.1 cm³/mol. The highest BCUT2D eigenvalue weighted by Crippen LogP contribution is 2.40. The SMILES string of the molecule is O=C1/C(=C/c2cc3c(cc2Br)OCO3)SC(=S)N1C[C@@H]1CCCO1. The molecule has 24 heavy (non-hydrogen) atoms. The number of thiocarbonyl (C=S) groups is 1. The lowest BCUT2D eigenvalue weighted by atomic mass is 10.2. The van der Waals surface area contributed by atoms with Crippen molar-refractivity contribution in [3.05, 3.63) is 27.1 Å². The summed E-state index contributed by atoms with van der Waals surface area (Å²) in [6.45, 7) is 1.51. The van der Waals surface area contributed by atoms with E-state index in [9.17, 15) is 4.79 Å². The second kappa shape index (κ2) is 6.67. The highest BCUT2D eigenvalue weighted by Gasteiger charge is 2.34. The molecule has 0 aromatic heterocycles. The van der Waals surface area contributed by atoms with Crippen LogP contribution in [0.3, 0.4) is 0 Å². The molecule has 2 saturated heterocycles. The Labute approximate surface area is 157 Å². The van der Waals surface area contributed by atoms with Crippen molar-refractivity contribution in [2.75, 3.05) is 19.9 Å². The number of carbonyl (C=O) groups excluding carboxylic acids is 1. The molecule has 3 aliphatic heterocycles. The number of hydrogen-bond donors (Lipinski definition) is 0. The highest BCUT2D eigenvalue weighted by atomic mass is 79.9. The molecule has 126 valence electrons. The molecule has 4 rings (SSSR count). The largest absolute Gasteiger partial charge is 0.454 e. The van der Waals surface area contributed by atoms with Crippen LogP contribution in [0.5, 0.6) is 11.5 Å². The zero-order chi connectivity index (χ0) is 16.7. The van der Waals surface area contributed by atoms with Crippen LogP contribution in [0.25, 0.3) is 6.08 Å². The molecule has 0 radical (unpaired) electrons. The van der Waals surface area contributed by atoms with Crippen molar-refractivity contribution in [3.63, 3.8) is 0 Å². The first-order chi connectivity index (χ1) is 11.6. The van der Waals surface area contributed by atoms with Crippen molar-refractivity contribution in [1.29, 1.82) is 0 Å². The van der Waals surface area contributed by atoms with Crippen LogP contribution in [-0.4, -0.2) is 41.2 Å². The second-order valence-electron chi connectivity index (χ2n) is 5.65. The topological polar surface area (TPSA) is 48.0 Å². The Hall–Kier alpha value is -1.09. The summed E-state index contributed by atoms with van der Waals surface area (Å²) in [5.41, 5.74) is 0.858. The molecule has 0 unspecified atom stereocenters. The number of carbonyl (C=O) groups is 1. The van der Waals surface area contributed by atoms with Crippen molar-refractivity contribution in [2.45, 2.75) is 18.9 Å². The lowest BCUT2D eigenvalue weighted by Crippen LogP contribution is -2.35. The summed E-state index contributed by atoms with van der Waals surface area (Å²) in [6.07, 6.45) is 3.94. The van der Waals surface area contributed by atoms with E-state index in [-0.39, 0.29) is 18.8 Å². The fourth-order valence-corrected chi connectivity index (χ4v) is 4.54. The Kier molecular flexibility index (Phi) is 4.55. The van der Waals surface area contributed by atoms with Crippen LogP contribution < -0.4 is 9.47 Å². The van der Waals surface area contributed by atoms with Gasteiger partial charge in [0.15, 0.2) is 11.5 Å². The van der Waals surface area contributed by atoms with Crippen molar-refractivity contribution in [3.8, 4) is 11.5 Å². The van der Waals surface area contributed by atoms with E-state index in [0.717, 1.165) is 29.5 Å². The maximum absolute atomic E-state index is 12.7. The molecule has 8 heteroatoms. The smallest absolute Gasteiger partial charge is 0.266 e. The molecule has 1 atom stereocenters. The van der Waals surface area contributed by atoms with Crippen LogP contribution in [0.15, 0.2) is 21.5 Å². The van der Waals surface area contributed by atoms with Gasteiger partial charge >= 0.3 is 0 Å². The van der Waals surface area contributed by atoms with Crippen molar-refractivity contribution in [2.24, 2.45) is 0 Å². The average Bonchev–Trinajstić information content (AvgIpc) is 3.26. The Morgan fingerprint density at radius 3 is 2.92 bits per heavy atom. The molecule has 3 heterocycles. The molecule has 1 aromatic rings. The maximum atomic E-state index is 12.7. The molecule has 0 N–H and O–H groups in total. The summed E-state index contributed by atoms with van der Waals surface area (Å²) in [5.74, 6) is 1.31. The summed E-state index contributed by atoms with van der Waals surface area (Å²) in [4.78, 5) is 14.9. The number of nitrogens with zero attached hydrogens (tertiary/aromatic N) is 1. The van der Waals surface area contributed by atoms with Crippen LogP contribution in [0, 0.1) is 0 Å². The minimum Gasteiger partial charge on any atom is -0.454 e. The number of rotatable bonds is 3. The first-order valence-corrected chi connectivity index (χ1v) is 9.60. The third kappa shape index (κ3) is 3.08. The molecule has 1 amide bonds. The number of thioether (sulfide) groups is 1. The molecule has 5 nitrogen and oxygen atoms in total. The van der Waals surface area contributed by atoms with Gasteiger partial charge in [0, 0.05) is 11.1 Å². The molecule has 0 saturated carbocycles. The molecule has 0 spiro atoms. The normalized spacial score (nSPS) is 24.5. The molecule has 2 fully saturated rings. The molecule has 0 bridgehead atoms. The van der Waals surface area contributed by atoms with E-state index in [1.54, 1.807) is 4.90 Å². The minimum absolute atomic E-state index is 0.0648. The second-order valence-corrected chi connectivity index (χ2v) is 8.18. The number of ether oxygens (including phenoxy) is 3. The van der Waals surface area contributed by atoms with E-state index in [1.165, 1.54) is 11.8 Å². The quantitative estimate of drug-likeness (QED) is 0.542. The first kappa shape index (κ1) is 16.4. The van der Waals surface area contributed by atoms with Crippen LogP contribution in [0.1, 0.15) is 18.4 Å². The third-order valence-electron chi connectivity index (χ3n) is 4.06. The number of hydrogen-bond acceptors (Lipinski definition) is 6. The van der Waals surface area contributed by atoms with Gasteiger partial charge in [-0.25, -0.2) is 0 Å². The predicted octanol–water partition coefficient (Wildman–Crippen LogP) is 3.56. The lowest BCUT2D eigenvalue weighted by molar-refractivity contribution is -0.123. The summed E-state index contributed by atoms with van der Waals surface area (Å²) in [5, 5.41) is 0.